The van der Waals surface area contributed by atoms with Crippen LogP contribution in [0, 0.1) is 0 Å². The number of H-pyrrole nitrogens is 1. The van der Waals surface area contributed by atoms with E-state index in [4.69, 9.17) is 0 Å². The largest absolute Gasteiger partial charge is 0.258 e. The molecule has 0 amide bonds. The van der Waals surface area contributed by atoms with Crippen molar-refractivity contribution in [3.8, 4) is 0 Å². The number of nitrogens with zero attached hydrogens (tertiary/aromatic N) is 1. The van der Waals surface area contributed by atoms with E-state index in [0.29, 0.717) is 5.92 Å². The van der Waals surface area contributed by atoms with E-state index in [1.165, 1.54) is 49.1 Å². The molecular formula is C28H39N2+. The van der Waals surface area contributed by atoms with Gasteiger partial charge in [-0.3, -0.25) is 0 Å². The summed E-state index contributed by atoms with van der Waals surface area (Å²) in [6.45, 7) is 8.11. The minimum atomic E-state index is 0.0230. The molecule has 2 nitrogen and oxygen atoms in total. The summed E-state index contributed by atoms with van der Waals surface area (Å²) in [6, 6.07) is 22.2. The van der Waals surface area contributed by atoms with Crippen LogP contribution in [0.5, 0.6) is 0 Å². The molecular weight excluding hydrogens is 364 g/mol. The van der Waals surface area contributed by atoms with Crippen molar-refractivity contribution >= 4 is 0 Å². The average molecular weight is 404 g/mol. The summed E-state index contributed by atoms with van der Waals surface area (Å²) in [4.78, 5) is 3.66. The van der Waals surface area contributed by atoms with Crippen LogP contribution in [0.3, 0.4) is 0 Å². The first-order chi connectivity index (χ1) is 14.7. The number of rotatable bonds is 12. The molecule has 0 fully saturated rings. The number of hydrogen-bond donors (Lipinski definition) is 1. The maximum atomic E-state index is 3.66. The lowest BCUT2D eigenvalue weighted by molar-refractivity contribution is -0.704. The quantitative estimate of drug-likeness (QED) is 0.249. The zero-order valence-corrected chi connectivity index (χ0v) is 19.1. The number of hydrogen-bond acceptors (Lipinski definition) is 0. The Hall–Kier alpha value is -2.35. The van der Waals surface area contributed by atoms with Crippen molar-refractivity contribution < 1.29 is 4.57 Å². The molecule has 2 atom stereocenters. The first-order valence-electron chi connectivity index (χ1n) is 11.8. The third kappa shape index (κ3) is 5.41. The second kappa shape index (κ2) is 11.2. The summed E-state index contributed by atoms with van der Waals surface area (Å²) in [6.07, 6.45) is 13.0. The van der Waals surface area contributed by atoms with E-state index in [2.05, 4.69) is 103 Å². The predicted molar refractivity (Wildman–Crippen MR) is 127 cm³/mol. The summed E-state index contributed by atoms with van der Waals surface area (Å²) < 4.78 is 2.46. The third-order valence-electron chi connectivity index (χ3n) is 6.55. The molecule has 2 unspecified atom stereocenters. The van der Waals surface area contributed by atoms with Crippen molar-refractivity contribution in [3.05, 3.63) is 90.0 Å². The molecule has 30 heavy (non-hydrogen) atoms. The van der Waals surface area contributed by atoms with Gasteiger partial charge in [0.2, 0.25) is 0 Å². The lowest BCUT2D eigenvalue weighted by atomic mass is 9.66. The highest BCUT2D eigenvalue weighted by Gasteiger charge is 2.41. The summed E-state index contributed by atoms with van der Waals surface area (Å²) in [5.74, 6) is 1.83. The number of nitrogens with one attached hydrogen (secondary N) is 1. The fraction of sp³-hybridized carbons (Fsp3) is 0.464. The van der Waals surface area contributed by atoms with Crippen LogP contribution in [0.4, 0.5) is 0 Å². The second-order valence-electron chi connectivity index (χ2n) is 8.89. The van der Waals surface area contributed by atoms with Crippen LogP contribution in [-0.2, 0) is 18.4 Å². The molecule has 0 aliphatic carbocycles. The number of imidazole rings is 1. The van der Waals surface area contributed by atoms with Gasteiger partial charge >= 0.3 is 0 Å². The molecule has 0 spiro atoms. The van der Waals surface area contributed by atoms with Gasteiger partial charge in [0.05, 0.1) is 12.5 Å². The number of aromatic nitrogens is 2. The van der Waals surface area contributed by atoms with Gasteiger partial charge < -0.3 is 0 Å². The minimum Gasteiger partial charge on any atom is -0.247 e. The van der Waals surface area contributed by atoms with Crippen molar-refractivity contribution in [3.63, 3.8) is 0 Å². The van der Waals surface area contributed by atoms with Crippen molar-refractivity contribution in [2.24, 2.45) is 0 Å². The third-order valence-corrected chi connectivity index (χ3v) is 6.55. The maximum absolute atomic E-state index is 3.66. The lowest BCUT2D eigenvalue weighted by Gasteiger charge is -2.37. The van der Waals surface area contributed by atoms with Gasteiger partial charge in [-0.1, -0.05) is 107 Å². The molecule has 1 N–H and O–H groups in total. The molecule has 3 rings (SSSR count). The number of unbranched alkanes of at least 4 members (excludes halogenated alkanes) is 3. The Labute approximate surface area is 183 Å². The average Bonchev–Trinajstić information content (AvgIpc) is 3.23. The van der Waals surface area contributed by atoms with E-state index in [1.807, 2.05) is 0 Å². The standard InChI is InChI=1S/C28H38N2/c1-4-6-7-14-19-26(27-29-20-22-30(27)21-5-2)28(3,25-17-12-9-13-18-25)23-24-15-10-8-11-16-24/h8-13,15-18,20,22,26H,4-7,14,19,21,23H2,1-3H3/p+1. The normalized spacial score (nSPS) is 14.4. The van der Waals surface area contributed by atoms with Gasteiger partial charge in [0.1, 0.15) is 12.4 Å². The molecule has 1 heterocycles. The minimum absolute atomic E-state index is 0.0230. The van der Waals surface area contributed by atoms with Crippen molar-refractivity contribution in [2.75, 3.05) is 0 Å². The molecule has 2 heteroatoms. The molecule has 0 aliphatic heterocycles. The Morgan fingerprint density at radius 1 is 0.867 bits per heavy atom. The zero-order chi connectivity index (χ0) is 21.2. The van der Waals surface area contributed by atoms with E-state index in [-0.39, 0.29) is 5.41 Å². The molecule has 0 radical (unpaired) electrons. The lowest BCUT2D eigenvalue weighted by Crippen LogP contribution is -2.43. The SMILES string of the molecule is CCCCCCC(c1[nH]cc[n+]1CCC)C(C)(Cc1ccccc1)c1ccccc1. The van der Waals surface area contributed by atoms with E-state index < -0.39 is 0 Å². The van der Waals surface area contributed by atoms with Gasteiger partial charge in [0.15, 0.2) is 0 Å². The molecule has 0 saturated heterocycles. The van der Waals surface area contributed by atoms with Crippen LogP contribution in [0.1, 0.15) is 82.2 Å². The van der Waals surface area contributed by atoms with Crippen LogP contribution in [-0.4, -0.2) is 4.98 Å². The van der Waals surface area contributed by atoms with Gasteiger partial charge in [-0.2, -0.15) is 0 Å². The van der Waals surface area contributed by atoms with Crippen molar-refractivity contribution in [2.45, 2.75) is 83.6 Å². The van der Waals surface area contributed by atoms with Crippen LogP contribution >= 0.6 is 0 Å². The van der Waals surface area contributed by atoms with Gasteiger partial charge in [0.25, 0.3) is 5.82 Å². The summed E-state index contributed by atoms with van der Waals surface area (Å²) in [7, 11) is 0. The van der Waals surface area contributed by atoms with Gasteiger partial charge in [0, 0.05) is 5.41 Å². The van der Waals surface area contributed by atoms with Crippen LogP contribution in [0.2, 0.25) is 0 Å². The first kappa shape index (κ1) is 22.3. The number of aromatic amines is 1. The Bertz CT molecular complexity index is 853. The van der Waals surface area contributed by atoms with Crippen molar-refractivity contribution in [1.82, 2.24) is 4.98 Å². The molecule has 0 saturated carbocycles. The smallest absolute Gasteiger partial charge is 0.247 e. The van der Waals surface area contributed by atoms with Gasteiger partial charge in [-0.15, -0.1) is 0 Å². The van der Waals surface area contributed by atoms with E-state index >= 15 is 0 Å². The van der Waals surface area contributed by atoms with E-state index in [1.54, 1.807) is 0 Å². The summed E-state index contributed by atoms with van der Waals surface area (Å²) >= 11 is 0. The zero-order valence-electron chi connectivity index (χ0n) is 19.1. The maximum Gasteiger partial charge on any atom is 0.258 e. The Morgan fingerprint density at radius 3 is 2.23 bits per heavy atom. The summed E-state index contributed by atoms with van der Waals surface area (Å²) in [5, 5.41) is 0. The predicted octanol–water partition coefficient (Wildman–Crippen LogP) is 6.97. The molecule has 2 aromatic carbocycles. The topological polar surface area (TPSA) is 19.7 Å². The van der Waals surface area contributed by atoms with Crippen LogP contribution in [0.25, 0.3) is 0 Å². The van der Waals surface area contributed by atoms with Crippen LogP contribution < -0.4 is 4.57 Å². The molecule has 3 aromatic rings. The number of aryl methyl sites for hydroxylation is 1. The highest BCUT2D eigenvalue weighted by atomic mass is 15.1. The second-order valence-corrected chi connectivity index (χ2v) is 8.89. The fourth-order valence-electron chi connectivity index (χ4n) is 4.91. The van der Waals surface area contributed by atoms with Gasteiger partial charge in [-0.25, -0.2) is 9.55 Å². The van der Waals surface area contributed by atoms with Crippen LogP contribution in [0.15, 0.2) is 73.1 Å². The van der Waals surface area contributed by atoms with E-state index in [0.717, 1.165) is 19.4 Å². The molecule has 160 valence electrons. The molecule has 0 aliphatic rings. The Balaban J connectivity index is 2.04. The molecule has 1 aromatic heterocycles. The van der Waals surface area contributed by atoms with Crippen molar-refractivity contribution in [1.29, 1.82) is 0 Å². The highest BCUT2D eigenvalue weighted by molar-refractivity contribution is 5.32. The fourth-order valence-corrected chi connectivity index (χ4v) is 4.91. The monoisotopic (exact) mass is 403 g/mol. The Morgan fingerprint density at radius 2 is 1.57 bits per heavy atom. The van der Waals surface area contributed by atoms with E-state index in [9.17, 15) is 0 Å². The highest BCUT2D eigenvalue weighted by Crippen LogP contribution is 2.43. The molecule has 0 bridgehead atoms. The Kier molecular flexibility index (Phi) is 8.30. The first-order valence-corrected chi connectivity index (χ1v) is 11.8. The number of benzene rings is 2. The van der Waals surface area contributed by atoms with Gasteiger partial charge in [-0.05, 0) is 30.4 Å². The summed E-state index contributed by atoms with van der Waals surface area (Å²) in [5.41, 5.74) is 2.87.